The first-order valence-corrected chi connectivity index (χ1v) is 5.75. The maximum absolute atomic E-state index is 8.88. The van der Waals surface area contributed by atoms with E-state index in [1.165, 1.54) is 5.56 Å². The summed E-state index contributed by atoms with van der Waals surface area (Å²) >= 11 is 0. The monoisotopic (exact) mass is 216 g/mol. The summed E-state index contributed by atoms with van der Waals surface area (Å²) in [6.45, 7) is 6.98. The van der Waals surface area contributed by atoms with Crippen LogP contribution >= 0.6 is 0 Å². The van der Waals surface area contributed by atoms with Gasteiger partial charge in [-0.2, -0.15) is 5.26 Å². The number of rotatable bonds is 5. The molecule has 16 heavy (non-hydrogen) atoms. The van der Waals surface area contributed by atoms with Crippen molar-refractivity contribution in [3.8, 4) is 6.07 Å². The first-order valence-electron chi connectivity index (χ1n) is 5.75. The van der Waals surface area contributed by atoms with Gasteiger partial charge in [-0.1, -0.05) is 12.1 Å². The molecule has 0 aliphatic rings. The molecule has 1 N–H and O–H groups in total. The molecule has 2 nitrogen and oxygen atoms in total. The fourth-order valence-electron chi connectivity index (χ4n) is 1.57. The largest absolute Gasteiger partial charge is 0.385 e. The van der Waals surface area contributed by atoms with E-state index in [1.54, 1.807) is 0 Å². The van der Waals surface area contributed by atoms with E-state index in [2.05, 4.69) is 42.6 Å². The second-order valence-corrected chi connectivity index (χ2v) is 4.90. The van der Waals surface area contributed by atoms with E-state index in [-0.39, 0.29) is 5.41 Å². The average molecular weight is 216 g/mol. The van der Waals surface area contributed by atoms with Crippen molar-refractivity contribution in [3.05, 3.63) is 29.8 Å². The van der Waals surface area contributed by atoms with Gasteiger partial charge < -0.3 is 5.32 Å². The van der Waals surface area contributed by atoms with Crippen molar-refractivity contribution < 1.29 is 0 Å². The second-order valence-electron chi connectivity index (χ2n) is 4.90. The highest BCUT2D eigenvalue weighted by Gasteiger charge is 2.15. The molecule has 1 aromatic carbocycles. The normalized spacial score (nSPS) is 10.9. The van der Waals surface area contributed by atoms with E-state index in [1.807, 2.05) is 13.8 Å². The molecule has 2 heteroatoms. The van der Waals surface area contributed by atoms with Gasteiger partial charge in [-0.25, -0.2) is 0 Å². The minimum Gasteiger partial charge on any atom is -0.385 e. The molecule has 0 saturated carbocycles. The summed E-state index contributed by atoms with van der Waals surface area (Å²) in [6.07, 6.45) is 1.96. The Balaban J connectivity index is 2.29. The molecule has 0 heterocycles. The minimum absolute atomic E-state index is 0.200. The average Bonchev–Trinajstić information content (AvgIpc) is 2.25. The summed E-state index contributed by atoms with van der Waals surface area (Å²) in [7, 11) is 0. The molecular weight excluding hydrogens is 196 g/mol. The molecule has 86 valence electrons. The number of hydrogen-bond donors (Lipinski definition) is 1. The first-order chi connectivity index (χ1) is 7.53. The molecule has 0 aliphatic carbocycles. The molecule has 0 atom stereocenters. The molecule has 0 fully saturated rings. The lowest BCUT2D eigenvalue weighted by Gasteiger charge is -2.15. The van der Waals surface area contributed by atoms with Gasteiger partial charge in [-0.15, -0.1) is 0 Å². The van der Waals surface area contributed by atoms with Crippen LogP contribution in [0.1, 0.15) is 32.3 Å². The highest BCUT2D eigenvalue weighted by Crippen LogP contribution is 2.20. The Labute approximate surface area is 98.3 Å². The Morgan fingerprint density at radius 2 is 2.12 bits per heavy atom. The van der Waals surface area contributed by atoms with Crippen molar-refractivity contribution >= 4 is 5.69 Å². The number of benzene rings is 1. The number of hydrogen-bond acceptors (Lipinski definition) is 2. The van der Waals surface area contributed by atoms with Crippen molar-refractivity contribution in [3.63, 3.8) is 0 Å². The van der Waals surface area contributed by atoms with Crippen LogP contribution < -0.4 is 5.32 Å². The standard InChI is InChI=1S/C14H20N2/c1-12-6-4-7-13(10-12)16-9-5-8-14(2,3)11-15/h4,6-7,10,16H,5,8-9H2,1-3H3. The molecule has 0 radical (unpaired) electrons. The van der Waals surface area contributed by atoms with Gasteiger partial charge in [0.2, 0.25) is 0 Å². The zero-order valence-corrected chi connectivity index (χ0v) is 10.4. The molecule has 0 unspecified atom stereocenters. The van der Waals surface area contributed by atoms with E-state index in [0.717, 1.165) is 25.1 Å². The van der Waals surface area contributed by atoms with Crippen LogP contribution in [0.3, 0.4) is 0 Å². The van der Waals surface area contributed by atoms with E-state index in [0.29, 0.717) is 0 Å². The summed E-state index contributed by atoms with van der Waals surface area (Å²) in [5, 5.41) is 12.2. The molecule has 0 aromatic heterocycles. The number of nitrogens with one attached hydrogen (secondary N) is 1. The van der Waals surface area contributed by atoms with Gasteiger partial charge in [0.1, 0.15) is 0 Å². The van der Waals surface area contributed by atoms with Crippen molar-refractivity contribution in [2.75, 3.05) is 11.9 Å². The molecule has 0 aliphatic heterocycles. The van der Waals surface area contributed by atoms with Gasteiger partial charge in [0.25, 0.3) is 0 Å². The van der Waals surface area contributed by atoms with Crippen LogP contribution in [0.5, 0.6) is 0 Å². The SMILES string of the molecule is Cc1cccc(NCCCC(C)(C)C#N)c1. The van der Waals surface area contributed by atoms with Gasteiger partial charge >= 0.3 is 0 Å². The zero-order chi connectivity index (χ0) is 12.0. The molecule has 0 saturated heterocycles. The summed E-state index contributed by atoms with van der Waals surface area (Å²) in [4.78, 5) is 0. The Hall–Kier alpha value is -1.49. The summed E-state index contributed by atoms with van der Waals surface area (Å²) < 4.78 is 0. The lowest BCUT2D eigenvalue weighted by atomic mass is 9.90. The lowest BCUT2D eigenvalue weighted by Crippen LogP contribution is -2.11. The van der Waals surface area contributed by atoms with Crippen molar-refractivity contribution in [2.45, 2.75) is 33.6 Å². The van der Waals surface area contributed by atoms with E-state index < -0.39 is 0 Å². The van der Waals surface area contributed by atoms with Crippen LogP contribution in [-0.2, 0) is 0 Å². The van der Waals surface area contributed by atoms with Gasteiger partial charge in [0.15, 0.2) is 0 Å². The highest BCUT2D eigenvalue weighted by atomic mass is 14.9. The third-order valence-electron chi connectivity index (χ3n) is 2.63. The Morgan fingerprint density at radius 3 is 2.75 bits per heavy atom. The lowest BCUT2D eigenvalue weighted by molar-refractivity contribution is 0.441. The number of nitriles is 1. The van der Waals surface area contributed by atoms with Crippen molar-refractivity contribution in [2.24, 2.45) is 5.41 Å². The Kier molecular flexibility index (Phi) is 4.37. The summed E-state index contributed by atoms with van der Waals surface area (Å²) in [5.74, 6) is 0. The van der Waals surface area contributed by atoms with Crippen molar-refractivity contribution in [1.82, 2.24) is 0 Å². The molecule has 1 rings (SSSR count). The maximum atomic E-state index is 8.88. The van der Waals surface area contributed by atoms with E-state index in [9.17, 15) is 0 Å². The summed E-state index contributed by atoms with van der Waals surface area (Å²) in [5.41, 5.74) is 2.23. The van der Waals surface area contributed by atoms with Gasteiger partial charge in [-0.3, -0.25) is 0 Å². The molecular formula is C14H20N2. The number of nitrogens with zero attached hydrogens (tertiary/aromatic N) is 1. The van der Waals surface area contributed by atoms with Crippen LogP contribution in [0.15, 0.2) is 24.3 Å². The number of anilines is 1. The number of aryl methyl sites for hydroxylation is 1. The van der Waals surface area contributed by atoms with Gasteiger partial charge in [0.05, 0.1) is 11.5 Å². The molecule has 0 spiro atoms. The fraction of sp³-hybridized carbons (Fsp3) is 0.500. The first kappa shape index (κ1) is 12.6. The smallest absolute Gasteiger partial charge is 0.0683 e. The van der Waals surface area contributed by atoms with Crippen LogP contribution in [0.2, 0.25) is 0 Å². The predicted molar refractivity (Wildman–Crippen MR) is 68.3 cm³/mol. The van der Waals surface area contributed by atoms with Crippen LogP contribution in [0.4, 0.5) is 5.69 Å². The minimum atomic E-state index is -0.200. The zero-order valence-electron chi connectivity index (χ0n) is 10.4. The quantitative estimate of drug-likeness (QED) is 0.761. The van der Waals surface area contributed by atoms with Crippen molar-refractivity contribution in [1.29, 1.82) is 5.26 Å². The maximum Gasteiger partial charge on any atom is 0.0683 e. The van der Waals surface area contributed by atoms with Crippen LogP contribution in [0, 0.1) is 23.7 Å². The third kappa shape index (κ3) is 4.35. The second kappa shape index (κ2) is 5.55. The van der Waals surface area contributed by atoms with E-state index in [4.69, 9.17) is 5.26 Å². The molecule has 1 aromatic rings. The molecule has 0 bridgehead atoms. The Morgan fingerprint density at radius 1 is 1.38 bits per heavy atom. The summed E-state index contributed by atoms with van der Waals surface area (Å²) in [6, 6.07) is 10.7. The third-order valence-corrected chi connectivity index (χ3v) is 2.63. The molecule has 0 amide bonds. The van der Waals surface area contributed by atoms with Gasteiger partial charge in [-0.05, 0) is 51.3 Å². The fourth-order valence-corrected chi connectivity index (χ4v) is 1.57. The topological polar surface area (TPSA) is 35.8 Å². The van der Waals surface area contributed by atoms with E-state index >= 15 is 0 Å². The highest BCUT2D eigenvalue weighted by molar-refractivity contribution is 5.45. The van der Waals surface area contributed by atoms with Crippen LogP contribution in [0.25, 0.3) is 0 Å². The van der Waals surface area contributed by atoms with Crippen LogP contribution in [-0.4, -0.2) is 6.54 Å². The Bertz CT molecular complexity index is 375. The van der Waals surface area contributed by atoms with Gasteiger partial charge in [0, 0.05) is 12.2 Å². The predicted octanol–water partition coefficient (Wildman–Crippen LogP) is 3.74.